The van der Waals surface area contributed by atoms with E-state index in [0.717, 1.165) is 11.3 Å². The lowest BCUT2D eigenvalue weighted by atomic mass is 10.2. The number of ether oxygens (including phenoxy) is 1. The van der Waals surface area contributed by atoms with Gasteiger partial charge in [-0.1, -0.05) is 48.5 Å². The maximum atomic E-state index is 12.9. The van der Waals surface area contributed by atoms with Crippen LogP contribution in [0.15, 0.2) is 89.9 Å². The summed E-state index contributed by atoms with van der Waals surface area (Å²) in [4.78, 5) is 7.18. The molecule has 1 saturated heterocycles. The predicted molar refractivity (Wildman–Crippen MR) is 124 cm³/mol. The highest BCUT2D eigenvalue weighted by molar-refractivity contribution is 8.00. The number of rotatable bonds is 6. The van der Waals surface area contributed by atoms with Crippen LogP contribution in [0.2, 0.25) is 0 Å². The van der Waals surface area contributed by atoms with Crippen molar-refractivity contribution in [3.05, 3.63) is 90.5 Å². The van der Waals surface area contributed by atoms with Crippen molar-refractivity contribution in [2.45, 2.75) is 12.7 Å². The second-order valence-electron chi connectivity index (χ2n) is 7.46. The van der Waals surface area contributed by atoms with E-state index in [1.807, 2.05) is 77.7 Å². The molecule has 4 rings (SSSR count). The predicted octanol–water partition coefficient (Wildman–Crippen LogP) is 5.38. The Hall–Kier alpha value is -3.33. The minimum absolute atomic E-state index is 0.0379. The first-order chi connectivity index (χ1) is 15.9. The normalized spacial score (nSPS) is 17.9. The Labute approximate surface area is 192 Å². The van der Waals surface area contributed by atoms with Gasteiger partial charge in [-0.2, -0.15) is 13.2 Å². The van der Waals surface area contributed by atoms with Gasteiger partial charge in [-0.05, 0) is 42.0 Å². The van der Waals surface area contributed by atoms with Gasteiger partial charge in [0, 0.05) is 12.2 Å². The molecule has 0 bridgehead atoms. The number of para-hydroxylation sites is 2. The molecular weight excluding hydrogens is 451 g/mol. The van der Waals surface area contributed by atoms with Crippen LogP contribution < -0.4 is 9.64 Å². The molecule has 1 heterocycles. The first-order valence-electron chi connectivity index (χ1n) is 10.2. The zero-order valence-corrected chi connectivity index (χ0v) is 18.4. The van der Waals surface area contributed by atoms with Crippen LogP contribution in [-0.4, -0.2) is 39.5 Å². The molecule has 0 aromatic heterocycles. The van der Waals surface area contributed by atoms with Crippen molar-refractivity contribution in [1.29, 1.82) is 0 Å². The molecule has 9 heteroatoms. The van der Waals surface area contributed by atoms with Crippen molar-refractivity contribution in [3.8, 4) is 11.5 Å². The van der Waals surface area contributed by atoms with Crippen LogP contribution in [0.1, 0.15) is 5.56 Å². The molecular formula is C24H22F3N3O2S. The largest absolute Gasteiger partial charge is 0.457 e. The average molecular weight is 474 g/mol. The molecule has 0 N–H and O–H groups in total. The van der Waals surface area contributed by atoms with Gasteiger partial charge in [0.1, 0.15) is 34.7 Å². The van der Waals surface area contributed by atoms with Crippen LogP contribution in [-0.2, 0) is 17.3 Å². The molecule has 5 nitrogen and oxygen atoms in total. The van der Waals surface area contributed by atoms with Gasteiger partial charge in [0.15, 0.2) is 5.17 Å². The van der Waals surface area contributed by atoms with Gasteiger partial charge in [0.05, 0.1) is 6.67 Å². The minimum Gasteiger partial charge on any atom is -0.457 e. The van der Waals surface area contributed by atoms with E-state index in [-0.39, 0.29) is 24.3 Å². The van der Waals surface area contributed by atoms with Crippen LogP contribution in [0.3, 0.4) is 0 Å². The molecule has 1 unspecified atom stereocenters. The number of amidine groups is 1. The lowest BCUT2D eigenvalue weighted by Crippen LogP contribution is -2.51. The Morgan fingerprint density at radius 3 is 2.12 bits per heavy atom. The fraction of sp³-hybridized carbons (Fsp3) is 0.208. The number of nitrogens with zero attached hydrogens (tertiary/aromatic N) is 3. The van der Waals surface area contributed by atoms with Crippen molar-refractivity contribution in [2.75, 3.05) is 24.0 Å². The molecule has 33 heavy (non-hydrogen) atoms. The van der Waals surface area contributed by atoms with E-state index in [9.17, 15) is 17.4 Å². The topological polar surface area (TPSA) is 45.1 Å². The van der Waals surface area contributed by atoms with Crippen LogP contribution >= 0.6 is 0 Å². The highest BCUT2D eigenvalue weighted by Crippen LogP contribution is 2.25. The third-order valence-corrected chi connectivity index (χ3v) is 6.22. The molecule has 1 fully saturated rings. The Morgan fingerprint density at radius 1 is 0.879 bits per heavy atom. The van der Waals surface area contributed by atoms with Gasteiger partial charge in [-0.3, -0.25) is 4.99 Å². The first-order valence-corrected chi connectivity index (χ1v) is 11.6. The quantitative estimate of drug-likeness (QED) is 0.482. The second kappa shape index (κ2) is 10.1. The van der Waals surface area contributed by atoms with Crippen LogP contribution in [0.5, 0.6) is 11.5 Å². The lowest BCUT2D eigenvalue weighted by Gasteiger charge is -2.38. The van der Waals surface area contributed by atoms with Gasteiger partial charge in [0.25, 0.3) is 0 Å². The average Bonchev–Trinajstić information content (AvgIpc) is 2.80. The van der Waals surface area contributed by atoms with E-state index in [4.69, 9.17) is 4.74 Å². The summed E-state index contributed by atoms with van der Waals surface area (Å²) in [5.41, 5.74) is 1.68. The summed E-state index contributed by atoms with van der Waals surface area (Å²) in [7, 11) is -1.70. The second-order valence-corrected chi connectivity index (χ2v) is 8.78. The van der Waals surface area contributed by atoms with E-state index in [1.165, 1.54) is 0 Å². The highest BCUT2D eigenvalue weighted by Gasteiger charge is 2.32. The van der Waals surface area contributed by atoms with Crippen LogP contribution in [0.25, 0.3) is 0 Å². The van der Waals surface area contributed by atoms with Gasteiger partial charge in [0.2, 0.25) is 0 Å². The lowest BCUT2D eigenvalue weighted by molar-refractivity contribution is -0.118. The number of hydrogen-bond acceptors (Lipinski definition) is 4. The van der Waals surface area contributed by atoms with E-state index < -0.39 is 23.5 Å². The number of benzene rings is 3. The standard InChI is InChI=1S/C24H22F3N3O2S/c25-24(26,27)16-28-23-29(17-30(18-33(23)31)20-7-3-1-4-8-20)15-19-11-13-22(14-12-19)32-21-9-5-2-6-10-21/h1-14H,15-18H2. The fourth-order valence-corrected chi connectivity index (χ4v) is 4.65. The Bertz CT molecular complexity index is 1110. The summed E-state index contributed by atoms with van der Waals surface area (Å²) in [5.74, 6) is 1.43. The van der Waals surface area contributed by atoms with Crippen molar-refractivity contribution in [2.24, 2.45) is 4.99 Å². The zero-order chi connectivity index (χ0) is 23.3. The smallest absolute Gasteiger partial charge is 0.408 e. The maximum Gasteiger partial charge on any atom is 0.408 e. The molecule has 3 aromatic rings. The maximum absolute atomic E-state index is 12.9. The molecule has 0 saturated carbocycles. The van der Waals surface area contributed by atoms with Gasteiger partial charge < -0.3 is 14.5 Å². The third-order valence-electron chi connectivity index (χ3n) is 4.88. The van der Waals surface area contributed by atoms with E-state index in [0.29, 0.717) is 11.5 Å². The summed E-state index contributed by atoms with van der Waals surface area (Å²) >= 11 is 0. The molecule has 1 aliphatic heterocycles. The number of alkyl halides is 3. The highest BCUT2D eigenvalue weighted by atomic mass is 32.2. The SMILES string of the molecule is O=S1CN(c2ccccc2)CN(Cc2ccc(Oc3ccccc3)cc2)C1=NCC(F)(F)F. The van der Waals surface area contributed by atoms with Crippen molar-refractivity contribution in [1.82, 2.24) is 4.90 Å². The molecule has 172 valence electrons. The van der Waals surface area contributed by atoms with E-state index in [1.54, 1.807) is 17.0 Å². The monoisotopic (exact) mass is 473 g/mol. The number of aliphatic imine (C=N–C) groups is 1. The van der Waals surface area contributed by atoms with Gasteiger partial charge in [-0.25, -0.2) is 4.21 Å². The van der Waals surface area contributed by atoms with Crippen molar-refractivity contribution in [3.63, 3.8) is 0 Å². The number of hydrogen-bond donors (Lipinski definition) is 0. The van der Waals surface area contributed by atoms with E-state index in [2.05, 4.69) is 4.99 Å². The molecule has 0 radical (unpaired) electrons. The third kappa shape index (κ3) is 6.35. The summed E-state index contributed by atoms with van der Waals surface area (Å²) in [6, 6.07) is 26.0. The summed E-state index contributed by atoms with van der Waals surface area (Å²) in [6.07, 6.45) is -4.46. The van der Waals surface area contributed by atoms with Crippen LogP contribution in [0.4, 0.5) is 18.9 Å². The van der Waals surface area contributed by atoms with Crippen molar-refractivity contribution >= 4 is 21.7 Å². The fourth-order valence-electron chi connectivity index (χ4n) is 3.40. The number of halogens is 3. The minimum atomic E-state index is -4.46. The Morgan fingerprint density at radius 2 is 1.48 bits per heavy atom. The van der Waals surface area contributed by atoms with Crippen LogP contribution in [0, 0.1) is 0 Å². The van der Waals surface area contributed by atoms with E-state index >= 15 is 0 Å². The Kier molecular flexibility index (Phi) is 6.98. The summed E-state index contributed by atoms with van der Waals surface area (Å²) < 4.78 is 57.1. The number of anilines is 1. The molecule has 0 aliphatic carbocycles. The molecule has 0 spiro atoms. The van der Waals surface area contributed by atoms with Gasteiger partial charge in [-0.15, -0.1) is 0 Å². The molecule has 1 aliphatic rings. The van der Waals surface area contributed by atoms with Crippen molar-refractivity contribution < 1.29 is 22.1 Å². The zero-order valence-electron chi connectivity index (χ0n) is 17.6. The molecule has 0 amide bonds. The first kappa shape index (κ1) is 22.8. The molecule has 3 aromatic carbocycles. The molecule has 1 atom stereocenters. The Balaban J connectivity index is 1.53. The summed E-state index contributed by atoms with van der Waals surface area (Å²) in [5, 5.41) is -0.0379. The van der Waals surface area contributed by atoms with Gasteiger partial charge >= 0.3 is 6.18 Å². The summed E-state index contributed by atoms with van der Waals surface area (Å²) in [6.45, 7) is -0.828.